The molecule has 1 amide bonds. The van der Waals surface area contributed by atoms with Crippen LogP contribution in [0.2, 0.25) is 0 Å². The van der Waals surface area contributed by atoms with Gasteiger partial charge in [-0.2, -0.15) is 13.7 Å². The lowest BCUT2D eigenvalue weighted by Crippen LogP contribution is -2.29. The topological polar surface area (TPSA) is 172 Å². The average Bonchev–Trinajstić information content (AvgIpc) is 3.06. The van der Waals surface area contributed by atoms with Crippen molar-refractivity contribution < 1.29 is 33.3 Å². The van der Waals surface area contributed by atoms with Gasteiger partial charge in [-0.25, -0.2) is 9.03 Å². The molecule has 0 unspecified atom stereocenters. The van der Waals surface area contributed by atoms with Gasteiger partial charge in [0.05, 0.1) is 12.8 Å². The van der Waals surface area contributed by atoms with Crippen LogP contribution in [0.4, 0.5) is 5.69 Å². The lowest BCUT2D eigenvalue weighted by atomic mass is 10.1. The fourth-order valence-electron chi connectivity index (χ4n) is 3.23. The van der Waals surface area contributed by atoms with Crippen LogP contribution in [-0.2, 0) is 21.4 Å². The fraction of sp³-hybridized carbons (Fsp3) is 0.273. The van der Waals surface area contributed by atoms with Crippen LogP contribution in [0.15, 0.2) is 48.5 Å². The van der Waals surface area contributed by atoms with E-state index in [1.165, 1.54) is 18.2 Å². The predicted octanol–water partition coefficient (Wildman–Crippen LogP) is 1.89. The summed E-state index contributed by atoms with van der Waals surface area (Å²) in [6.45, 7) is 0.766. The molecule has 2 aromatic rings. The van der Waals surface area contributed by atoms with Crippen LogP contribution in [0.1, 0.15) is 30.4 Å². The van der Waals surface area contributed by atoms with E-state index in [0.29, 0.717) is 43.7 Å². The zero-order valence-corrected chi connectivity index (χ0v) is 18.9. The fourth-order valence-corrected chi connectivity index (χ4v) is 4.30. The van der Waals surface area contributed by atoms with Crippen LogP contribution >= 0.6 is 0 Å². The molecule has 11 nitrogen and oxygen atoms in total. The molecule has 1 aliphatic rings. The van der Waals surface area contributed by atoms with Crippen LogP contribution in [0.5, 0.6) is 17.2 Å². The number of nitrogens with one attached hydrogen (secondary N) is 2. The summed E-state index contributed by atoms with van der Waals surface area (Å²) in [5.74, 6) is -0.862. The van der Waals surface area contributed by atoms with Crippen LogP contribution in [0.25, 0.3) is 0 Å². The number of unbranched alkanes of at least 4 members (excludes halogenated alkanes) is 1. The number of hydrogen-bond donors (Lipinski definition) is 5. The Morgan fingerprint density at radius 1 is 1.15 bits per heavy atom. The summed E-state index contributed by atoms with van der Waals surface area (Å²) in [4.78, 5) is 12.1. The number of anilines is 1. The minimum absolute atomic E-state index is 0.0282. The molecule has 0 saturated carbocycles. The normalized spacial score (nSPS) is 14.1. The van der Waals surface area contributed by atoms with Crippen molar-refractivity contribution >= 4 is 21.8 Å². The van der Waals surface area contributed by atoms with Gasteiger partial charge in [-0.15, -0.1) is 0 Å². The molecule has 5 N–H and O–H groups in total. The minimum Gasteiger partial charge on any atom is -0.506 e. The number of phenolic OH excluding ortho intramolecular Hbond substituents is 2. The molecule has 12 heteroatoms. The van der Waals surface area contributed by atoms with E-state index in [-0.39, 0.29) is 35.1 Å². The van der Waals surface area contributed by atoms with Gasteiger partial charge in [0.15, 0.2) is 0 Å². The summed E-state index contributed by atoms with van der Waals surface area (Å²) >= 11 is 0. The average molecular weight is 489 g/mol. The summed E-state index contributed by atoms with van der Waals surface area (Å²) in [5.41, 5.74) is 0.699. The second-order valence-corrected chi connectivity index (χ2v) is 8.96. The largest absolute Gasteiger partial charge is 0.506 e. The Hall–Kier alpha value is -4.11. The maximum Gasteiger partial charge on any atom is 0.330 e. The van der Waals surface area contributed by atoms with Gasteiger partial charge in [0, 0.05) is 13.0 Å². The molecule has 2 aromatic carbocycles. The highest BCUT2D eigenvalue weighted by molar-refractivity contribution is 7.91. The summed E-state index contributed by atoms with van der Waals surface area (Å²) in [5, 5.41) is 41.0. The molecule has 0 saturated heterocycles. The SMILES string of the molecule is N#Cc1c(O)cccc1OCCCCNC(=O)CCc1ccc(N2C=C(O)NS2(=O)=O)c(O)c1. The summed E-state index contributed by atoms with van der Waals surface area (Å²) in [6, 6.07) is 10.9. The Balaban J connectivity index is 1.38. The monoisotopic (exact) mass is 488 g/mol. The van der Waals surface area contributed by atoms with Gasteiger partial charge in [0.1, 0.15) is 34.6 Å². The van der Waals surface area contributed by atoms with Crippen molar-refractivity contribution in [3.8, 4) is 23.3 Å². The van der Waals surface area contributed by atoms with Gasteiger partial charge in [0.25, 0.3) is 0 Å². The molecule has 1 heterocycles. The first-order valence-corrected chi connectivity index (χ1v) is 11.8. The molecule has 0 bridgehead atoms. The van der Waals surface area contributed by atoms with Crippen LogP contribution in [0, 0.1) is 11.3 Å². The number of carbonyl (C=O) groups excluding carboxylic acids is 1. The number of rotatable bonds is 10. The van der Waals surface area contributed by atoms with Crippen molar-refractivity contribution in [1.82, 2.24) is 10.0 Å². The first kappa shape index (κ1) is 24.5. The Bertz CT molecular complexity index is 1240. The van der Waals surface area contributed by atoms with Crippen molar-refractivity contribution in [2.45, 2.75) is 25.7 Å². The van der Waals surface area contributed by atoms with Crippen LogP contribution in [-0.4, -0.2) is 42.8 Å². The molecule has 180 valence electrons. The summed E-state index contributed by atoms with van der Waals surface area (Å²) in [6.07, 6.45) is 2.74. The van der Waals surface area contributed by atoms with Gasteiger partial charge in [-0.3, -0.25) is 4.79 Å². The number of aryl methyl sites for hydroxylation is 1. The van der Waals surface area contributed by atoms with Crippen molar-refractivity contribution in [2.24, 2.45) is 0 Å². The number of nitrogens with zero attached hydrogens (tertiary/aromatic N) is 2. The van der Waals surface area contributed by atoms with Crippen LogP contribution in [0.3, 0.4) is 0 Å². The number of benzene rings is 2. The highest BCUT2D eigenvalue weighted by Crippen LogP contribution is 2.32. The number of aromatic hydroxyl groups is 2. The molecule has 0 atom stereocenters. The molecular formula is C22H24N4O7S. The van der Waals surface area contributed by atoms with Gasteiger partial charge in [0.2, 0.25) is 11.8 Å². The third-order valence-electron chi connectivity index (χ3n) is 4.92. The number of nitriles is 1. The second kappa shape index (κ2) is 10.7. The third-order valence-corrected chi connectivity index (χ3v) is 6.20. The Labute approximate surface area is 196 Å². The number of phenols is 2. The number of aliphatic hydroxyl groups excluding tert-OH is 1. The Morgan fingerprint density at radius 3 is 2.62 bits per heavy atom. The maximum atomic E-state index is 12.1. The summed E-state index contributed by atoms with van der Waals surface area (Å²) < 4.78 is 32.0. The van der Waals surface area contributed by atoms with Crippen molar-refractivity contribution in [3.63, 3.8) is 0 Å². The van der Waals surface area contributed by atoms with E-state index in [1.54, 1.807) is 18.2 Å². The minimum atomic E-state index is -4.01. The van der Waals surface area contributed by atoms with E-state index in [0.717, 1.165) is 10.5 Å². The number of aliphatic hydroxyl groups is 1. The van der Waals surface area contributed by atoms with E-state index in [2.05, 4.69) is 5.32 Å². The lowest BCUT2D eigenvalue weighted by Gasteiger charge is -2.16. The second-order valence-electron chi connectivity index (χ2n) is 7.41. The number of hydrogen-bond acceptors (Lipinski definition) is 8. The molecule has 0 spiro atoms. The quantitative estimate of drug-likeness (QED) is 0.315. The van der Waals surface area contributed by atoms with E-state index >= 15 is 0 Å². The predicted molar refractivity (Wildman–Crippen MR) is 122 cm³/mol. The molecule has 3 rings (SSSR count). The Morgan fingerprint density at radius 2 is 1.94 bits per heavy atom. The standard InChI is InChI=1S/C22H24N4O7S/c23-13-16-18(27)4-3-5-20(16)33-11-2-1-10-24-21(29)9-7-15-6-8-17(19(28)12-15)26-14-22(30)25-34(26,31)32/h3-6,8,12,14,25,27-28,30H,1-2,7,9-11H2,(H,24,29). The third kappa shape index (κ3) is 6.02. The molecule has 0 radical (unpaired) electrons. The van der Waals surface area contributed by atoms with Crippen molar-refractivity contribution in [3.05, 3.63) is 59.6 Å². The molecule has 0 aromatic heterocycles. The van der Waals surface area contributed by atoms with Gasteiger partial charge in [-0.05, 0) is 49.1 Å². The smallest absolute Gasteiger partial charge is 0.330 e. The first-order chi connectivity index (χ1) is 16.2. The number of ether oxygens (including phenoxy) is 1. The van der Waals surface area contributed by atoms with Crippen molar-refractivity contribution in [1.29, 1.82) is 5.26 Å². The molecular weight excluding hydrogens is 464 g/mol. The van der Waals surface area contributed by atoms with Gasteiger partial charge < -0.3 is 25.4 Å². The number of amides is 1. The van der Waals surface area contributed by atoms with Crippen molar-refractivity contribution in [2.75, 3.05) is 17.5 Å². The summed E-state index contributed by atoms with van der Waals surface area (Å²) in [7, 11) is -4.01. The highest BCUT2D eigenvalue weighted by Gasteiger charge is 2.30. The van der Waals surface area contributed by atoms with E-state index in [1.807, 2.05) is 10.8 Å². The first-order valence-electron chi connectivity index (χ1n) is 10.4. The van der Waals surface area contributed by atoms with Gasteiger partial charge >= 0.3 is 10.2 Å². The van der Waals surface area contributed by atoms with E-state index in [9.17, 15) is 28.5 Å². The van der Waals surface area contributed by atoms with Gasteiger partial charge in [-0.1, -0.05) is 12.1 Å². The lowest BCUT2D eigenvalue weighted by molar-refractivity contribution is -0.121. The maximum absolute atomic E-state index is 12.1. The van der Waals surface area contributed by atoms with Crippen LogP contribution < -0.4 is 19.1 Å². The molecule has 0 aliphatic carbocycles. The Kier molecular flexibility index (Phi) is 7.70. The highest BCUT2D eigenvalue weighted by atomic mass is 32.2. The molecule has 0 fully saturated rings. The molecule has 34 heavy (non-hydrogen) atoms. The van der Waals surface area contributed by atoms with E-state index < -0.39 is 16.1 Å². The number of carbonyl (C=O) groups is 1. The molecule has 1 aliphatic heterocycles. The van der Waals surface area contributed by atoms with E-state index in [4.69, 9.17) is 10.00 Å². The zero-order chi connectivity index (χ0) is 24.7. The zero-order valence-electron chi connectivity index (χ0n) is 18.1.